The van der Waals surface area contributed by atoms with Crippen LogP contribution in [-0.4, -0.2) is 30.3 Å². The lowest BCUT2D eigenvalue weighted by atomic mass is 10.1. The first-order valence-electron chi connectivity index (χ1n) is 8.25. The second kappa shape index (κ2) is 11.1. The summed E-state index contributed by atoms with van der Waals surface area (Å²) >= 11 is 11.8. The van der Waals surface area contributed by atoms with E-state index in [1.807, 2.05) is 18.2 Å². The van der Waals surface area contributed by atoms with Crippen LogP contribution >= 0.6 is 23.2 Å². The molecule has 1 amide bonds. The Bertz CT molecular complexity index is 853. The standard InChI is InChI=1S/C18H21Cl2N3O3S/c1-26-27(25)23-14-5-2-13(3-6-14)4-9-18(24)22-11-10-21-15-7-8-16(19)17(20)12-15/h2-3,5-8,12,21,27H,4,9-11H2,1H3,(H,22,24). The third kappa shape index (κ3) is 7.76. The number of hydrogen-bond donors (Lipinski definition) is 3. The number of nitrogens with zero attached hydrogens (tertiary/aromatic N) is 1. The number of carbonyl (C=O) groups is 1. The number of amides is 1. The molecule has 0 fully saturated rings. The van der Waals surface area contributed by atoms with Gasteiger partial charge in [-0.1, -0.05) is 35.3 Å². The Morgan fingerprint density at radius 2 is 1.85 bits per heavy atom. The van der Waals surface area contributed by atoms with Gasteiger partial charge in [-0.15, -0.1) is 0 Å². The summed E-state index contributed by atoms with van der Waals surface area (Å²) < 4.78 is 19.7. The lowest BCUT2D eigenvalue weighted by Crippen LogP contribution is -2.28. The topological polar surface area (TPSA) is 79.8 Å². The Labute approximate surface area is 170 Å². The number of nitrogens with one attached hydrogen (secondary N) is 2. The highest BCUT2D eigenvalue weighted by Gasteiger charge is 2.03. The SMILES string of the molecule is CO[SH](=O)=Nc1ccc(CCC(=O)NCCNc2ccc(Cl)c(Cl)c2)cc1. The molecule has 0 heterocycles. The van der Waals surface area contributed by atoms with Gasteiger partial charge in [0.15, 0.2) is 10.9 Å². The molecule has 2 rings (SSSR count). The molecule has 0 aliphatic carbocycles. The largest absolute Gasteiger partial charge is 0.383 e. The van der Waals surface area contributed by atoms with E-state index in [9.17, 15) is 9.00 Å². The van der Waals surface area contributed by atoms with E-state index in [-0.39, 0.29) is 5.91 Å². The minimum Gasteiger partial charge on any atom is -0.383 e. The first kappa shape index (κ1) is 21.5. The molecule has 0 spiro atoms. The molecule has 2 N–H and O–H groups in total. The summed E-state index contributed by atoms with van der Waals surface area (Å²) in [5.41, 5.74) is 2.43. The smallest absolute Gasteiger partial charge is 0.220 e. The monoisotopic (exact) mass is 429 g/mol. The van der Waals surface area contributed by atoms with Gasteiger partial charge in [0.1, 0.15) is 0 Å². The maximum Gasteiger partial charge on any atom is 0.220 e. The van der Waals surface area contributed by atoms with Crippen LogP contribution in [0.1, 0.15) is 12.0 Å². The van der Waals surface area contributed by atoms with Gasteiger partial charge in [-0.3, -0.25) is 8.98 Å². The molecule has 0 aromatic heterocycles. The molecule has 0 saturated carbocycles. The predicted molar refractivity (Wildman–Crippen MR) is 111 cm³/mol. The summed E-state index contributed by atoms with van der Waals surface area (Å²) in [4.78, 5) is 11.9. The number of thiol groups is 1. The van der Waals surface area contributed by atoms with E-state index in [2.05, 4.69) is 19.2 Å². The fourth-order valence-electron chi connectivity index (χ4n) is 2.23. The Hall–Kier alpha value is -1.80. The average molecular weight is 430 g/mol. The van der Waals surface area contributed by atoms with Crippen LogP contribution in [0.2, 0.25) is 10.0 Å². The van der Waals surface area contributed by atoms with Crippen molar-refractivity contribution in [2.24, 2.45) is 4.36 Å². The summed E-state index contributed by atoms with van der Waals surface area (Å²) in [5.74, 6) is -0.0258. The highest BCUT2D eigenvalue weighted by atomic mass is 35.5. The molecule has 27 heavy (non-hydrogen) atoms. The molecular weight excluding hydrogens is 409 g/mol. The zero-order valence-corrected chi connectivity index (χ0v) is 17.2. The Morgan fingerprint density at radius 1 is 1.11 bits per heavy atom. The van der Waals surface area contributed by atoms with Crippen LogP contribution in [0, 0.1) is 0 Å². The van der Waals surface area contributed by atoms with Crippen LogP contribution in [-0.2, 0) is 26.3 Å². The lowest BCUT2D eigenvalue weighted by molar-refractivity contribution is -0.120. The van der Waals surface area contributed by atoms with Gasteiger partial charge in [0.05, 0.1) is 22.8 Å². The molecule has 0 bridgehead atoms. The fraction of sp³-hybridized carbons (Fsp3) is 0.278. The quantitative estimate of drug-likeness (QED) is 0.415. The Kier molecular flexibility index (Phi) is 8.87. The molecule has 146 valence electrons. The number of hydrogen-bond acceptors (Lipinski definition) is 5. The van der Waals surface area contributed by atoms with Crippen molar-refractivity contribution in [3.63, 3.8) is 0 Å². The molecule has 9 heteroatoms. The Balaban J connectivity index is 1.68. The number of halogens is 2. The van der Waals surface area contributed by atoms with Crippen LogP contribution in [0.15, 0.2) is 46.8 Å². The van der Waals surface area contributed by atoms with Crippen LogP contribution in [0.5, 0.6) is 0 Å². The van der Waals surface area contributed by atoms with Gasteiger partial charge in [0.2, 0.25) is 5.91 Å². The van der Waals surface area contributed by atoms with Crippen molar-refractivity contribution in [2.75, 3.05) is 25.5 Å². The van der Waals surface area contributed by atoms with Crippen molar-refractivity contribution in [3.05, 3.63) is 58.1 Å². The van der Waals surface area contributed by atoms with E-state index in [1.54, 1.807) is 24.3 Å². The molecule has 0 saturated heterocycles. The van der Waals surface area contributed by atoms with Gasteiger partial charge in [0, 0.05) is 25.2 Å². The highest BCUT2D eigenvalue weighted by Crippen LogP contribution is 2.24. The molecule has 2 aromatic rings. The van der Waals surface area contributed by atoms with Crippen molar-refractivity contribution in [3.8, 4) is 0 Å². The lowest BCUT2D eigenvalue weighted by Gasteiger charge is -2.09. The number of aryl methyl sites for hydroxylation is 1. The molecular formula is C18H21Cl2N3O3S. The van der Waals surface area contributed by atoms with Crippen molar-refractivity contribution in [2.45, 2.75) is 12.8 Å². The minimum absolute atomic E-state index is 0.0258. The molecule has 0 radical (unpaired) electrons. The van der Waals surface area contributed by atoms with E-state index in [0.717, 1.165) is 11.3 Å². The first-order chi connectivity index (χ1) is 13.0. The zero-order chi connectivity index (χ0) is 19.6. The second-order valence-electron chi connectivity index (χ2n) is 5.59. The maximum absolute atomic E-state index is 11.9. The van der Waals surface area contributed by atoms with Gasteiger partial charge >= 0.3 is 0 Å². The van der Waals surface area contributed by atoms with Crippen LogP contribution in [0.25, 0.3) is 0 Å². The third-order valence-electron chi connectivity index (χ3n) is 3.63. The zero-order valence-electron chi connectivity index (χ0n) is 14.7. The predicted octanol–water partition coefficient (Wildman–Crippen LogP) is 4.01. The summed E-state index contributed by atoms with van der Waals surface area (Å²) in [6.07, 6.45) is 0.998. The van der Waals surface area contributed by atoms with Crippen LogP contribution in [0.3, 0.4) is 0 Å². The van der Waals surface area contributed by atoms with Gasteiger partial charge in [-0.25, -0.2) is 4.21 Å². The highest BCUT2D eigenvalue weighted by molar-refractivity contribution is 7.69. The second-order valence-corrected chi connectivity index (χ2v) is 7.45. The van der Waals surface area contributed by atoms with Crippen molar-refractivity contribution >= 4 is 51.4 Å². The number of rotatable bonds is 9. The summed E-state index contributed by atoms with van der Waals surface area (Å²) in [6, 6.07) is 12.5. The van der Waals surface area contributed by atoms with E-state index < -0.39 is 10.9 Å². The third-order valence-corrected chi connectivity index (χ3v) is 5.07. The molecule has 0 aliphatic heterocycles. The van der Waals surface area contributed by atoms with Crippen molar-refractivity contribution in [1.29, 1.82) is 0 Å². The maximum atomic E-state index is 11.9. The molecule has 1 atom stereocenters. The fourth-order valence-corrected chi connectivity index (χ4v) is 2.93. The van der Waals surface area contributed by atoms with Crippen molar-refractivity contribution in [1.82, 2.24) is 5.32 Å². The van der Waals surface area contributed by atoms with Gasteiger partial charge in [0.25, 0.3) is 0 Å². The van der Waals surface area contributed by atoms with Crippen LogP contribution in [0.4, 0.5) is 11.4 Å². The van der Waals surface area contributed by atoms with E-state index in [0.29, 0.717) is 41.7 Å². The van der Waals surface area contributed by atoms with Gasteiger partial charge in [-0.05, 0) is 42.3 Å². The van der Waals surface area contributed by atoms with E-state index >= 15 is 0 Å². The molecule has 2 aromatic carbocycles. The summed E-state index contributed by atoms with van der Waals surface area (Å²) in [5, 5.41) is 7.02. The number of benzene rings is 2. The normalized spacial score (nSPS) is 12.0. The molecule has 1 unspecified atom stereocenters. The average Bonchev–Trinajstić information content (AvgIpc) is 2.67. The first-order valence-corrected chi connectivity index (χ1v) is 10.1. The van der Waals surface area contributed by atoms with Gasteiger partial charge < -0.3 is 10.6 Å². The summed E-state index contributed by atoms with van der Waals surface area (Å²) in [6.45, 7) is 1.08. The van der Waals surface area contributed by atoms with E-state index in [1.165, 1.54) is 7.11 Å². The summed E-state index contributed by atoms with van der Waals surface area (Å²) in [7, 11) is -0.678. The van der Waals surface area contributed by atoms with Gasteiger partial charge in [-0.2, -0.15) is 4.36 Å². The molecule has 6 nitrogen and oxygen atoms in total. The van der Waals surface area contributed by atoms with Crippen molar-refractivity contribution < 1.29 is 13.2 Å². The minimum atomic E-state index is -2.02. The Morgan fingerprint density at radius 3 is 2.52 bits per heavy atom. The molecule has 0 aliphatic rings. The van der Waals surface area contributed by atoms with E-state index in [4.69, 9.17) is 23.2 Å². The van der Waals surface area contributed by atoms with Crippen LogP contribution < -0.4 is 10.6 Å². The number of carbonyl (C=O) groups excluding carboxylic acids is 1. The number of anilines is 1.